The summed E-state index contributed by atoms with van der Waals surface area (Å²) in [5.41, 5.74) is 7.43. The van der Waals surface area contributed by atoms with Crippen molar-refractivity contribution in [2.75, 3.05) is 5.73 Å². The van der Waals surface area contributed by atoms with E-state index in [1.165, 1.54) is 19.3 Å². The summed E-state index contributed by atoms with van der Waals surface area (Å²) in [6.07, 6.45) is 3.60. The van der Waals surface area contributed by atoms with Crippen molar-refractivity contribution in [2.24, 2.45) is 0 Å². The number of hydrogen-bond acceptors (Lipinski definition) is 4. The van der Waals surface area contributed by atoms with Crippen molar-refractivity contribution in [1.29, 1.82) is 0 Å². The number of anilines is 1. The predicted octanol–water partition coefficient (Wildman–Crippen LogP) is 3.19. The fourth-order valence-corrected chi connectivity index (χ4v) is 2.38. The number of hydrogen-bond donors (Lipinski definition) is 1. The van der Waals surface area contributed by atoms with E-state index in [1.807, 2.05) is 18.2 Å². The van der Waals surface area contributed by atoms with E-state index >= 15 is 0 Å². The Morgan fingerprint density at radius 2 is 2.18 bits per heavy atom. The largest absolute Gasteiger partial charge is 0.398 e. The Hall–Kier alpha value is -1.11. The third-order valence-electron chi connectivity index (χ3n) is 3.16. The van der Waals surface area contributed by atoms with Gasteiger partial charge in [-0.2, -0.15) is 4.98 Å². The van der Waals surface area contributed by atoms with E-state index in [0.29, 0.717) is 17.5 Å². The molecule has 1 fully saturated rings. The molecule has 1 heterocycles. The average Bonchev–Trinajstić information content (AvgIpc) is 2.68. The SMILES string of the molecule is Nc1ccc(I)cc1-c1nc(C2CCC2)no1. The molecule has 0 spiro atoms. The summed E-state index contributed by atoms with van der Waals surface area (Å²) in [6, 6.07) is 5.79. The molecule has 0 aliphatic heterocycles. The van der Waals surface area contributed by atoms with E-state index in [9.17, 15) is 0 Å². The van der Waals surface area contributed by atoms with Crippen LogP contribution in [0.5, 0.6) is 0 Å². The first-order valence-electron chi connectivity index (χ1n) is 5.63. The van der Waals surface area contributed by atoms with Gasteiger partial charge in [0.1, 0.15) is 0 Å². The maximum Gasteiger partial charge on any atom is 0.260 e. The van der Waals surface area contributed by atoms with Crippen LogP contribution in [0.2, 0.25) is 0 Å². The molecule has 1 aromatic heterocycles. The van der Waals surface area contributed by atoms with Gasteiger partial charge in [-0.3, -0.25) is 0 Å². The van der Waals surface area contributed by atoms with Crippen molar-refractivity contribution < 1.29 is 4.52 Å². The Morgan fingerprint density at radius 3 is 2.88 bits per heavy atom. The number of aromatic nitrogens is 2. The van der Waals surface area contributed by atoms with E-state index in [0.717, 1.165) is 15.0 Å². The molecule has 2 N–H and O–H groups in total. The Labute approximate surface area is 113 Å². The van der Waals surface area contributed by atoms with E-state index in [-0.39, 0.29) is 0 Å². The lowest BCUT2D eigenvalue weighted by atomic mass is 9.85. The second kappa shape index (κ2) is 4.29. The molecule has 17 heavy (non-hydrogen) atoms. The van der Waals surface area contributed by atoms with Gasteiger partial charge in [-0.1, -0.05) is 11.6 Å². The maximum atomic E-state index is 5.92. The highest BCUT2D eigenvalue weighted by atomic mass is 127. The lowest BCUT2D eigenvalue weighted by molar-refractivity contribution is 0.366. The first kappa shape index (κ1) is 11.0. The van der Waals surface area contributed by atoms with E-state index in [4.69, 9.17) is 10.3 Å². The standard InChI is InChI=1S/C12H12IN3O/c13-8-4-5-10(14)9(6-8)12-15-11(16-17-12)7-2-1-3-7/h4-7H,1-3,14H2. The summed E-state index contributed by atoms with van der Waals surface area (Å²) in [4.78, 5) is 4.44. The smallest absolute Gasteiger partial charge is 0.260 e. The van der Waals surface area contributed by atoms with Crippen molar-refractivity contribution >= 4 is 28.3 Å². The molecular weight excluding hydrogens is 329 g/mol. The summed E-state index contributed by atoms with van der Waals surface area (Å²) in [7, 11) is 0. The van der Waals surface area contributed by atoms with Gasteiger partial charge in [0.25, 0.3) is 5.89 Å². The molecule has 0 radical (unpaired) electrons. The number of nitrogens with two attached hydrogens (primary N) is 1. The summed E-state index contributed by atoms with van der Waals surface area (Å²) < 4.78 is 6.41. The lowest BCUT2D eigenvalue weighted by Gasteiger charge is -2.20. The minimum absolute atomic E-state index is 0.483. The zero-order valence-corrected chi connectivity index (χ0v) is 11.3. The number of nitrogens with zero attached hydrogens (tertiary/aromatic N) is 2. The fraction of sp³-hybridized carbons (Fsp3) is 0.333. The monoisotopic (exact) mass is 341 g/mol. The summed E-state index contributed by atoms with van der Waals surface area (Å²) in [5.74, 6) is 1.84. The normalized spacial score (nSPS) is 15.8. The third-order valence-corrected chi connectivity index (χ3v) is 3.83. The first-order valence-corrected chi connectivity index (χ1v) is 6.71. The first-order chi connectivity index (χ1) is 8.24. The van der Waals surface area contributed by atoms with Gasteiger partial charge in [0.15, 0.2) is 5.82 Å². The van der Waals surface area contributed by atoms with Crippen LogP contribution in [0, 0.1) is 3.57 Å². The predicted molar refractivity (Wildman–Crippen MR) is 73.5 cm³/mol. The molecule has 1 aliphatic carbocycles. The van der Waals surface area contributed by atoms with E-state index < -0.39 is 0 Å². The molecule has 2 aromatic rings. The zero-order valence-electron chi connectivity index (χ0n) is 9.19. The highest BCUT2D eigenvalue weighted by molar-refractivity contribution is 14.1. The molecule has 5 heteroatoms. The second-order valence-electron chi connectivity index (χ2n) is 4.32. The second-order valence-corrected chi connectivity index (χ2v) is 5.56. The highest BCUT2D eigenvalue weighted by Crippen LogP contribution is 2.36. The molecule has 0 atom stereocenters. The van der Waals surface area contributed by atoms with Gasteiger partial charge in [-0.05, 0) is 53.6 Å². The van der Waals surface area contributed by atoms with E-state index in [2.05, 4.69) is 32.7 Å². The lowest BCUT2D eigenvalue weighted by Crippen LogP contribution is -2.10. The van der Waals surface area contributed by atoms with Gasteiger partial charge in [0.2, 0.25) is 0 Å². The number of rotatable bonds is 2. The average molecular weight is 341 g/mol. The van der Waals surface area contributed by atoms with Gasteiger partial charge in [-0.25, -0.2) is 0 Å². The Kier molecular flexibility index (Phi) is 2.78. The molecule has 88 valence electrons. The van der Waals surface area contributed by atoms with Crippen molar-refractivity contribution in [3.8, 4) is 11.5 Å². The molecule has 1 aliphatic rings. The Balaban J connectivity index is 1.97. The molecule has 3 rings (SSSR count). The van der Waals surface area contributed by atoms with E-state index in [1.54, 1.807) is 0 Å². The van der Waals surface area contributed by atoms with Crippen molar-refractivity contribution in [3.63, 3.8) is 0 Å². The minimum Gasteiger partial charge on any atom is -0.398 e. The molecule has 0 amide bonds. The van der Waals surface area contributed by atoms with Crippen LogP contribution in [-0.4, -0.2) is 10.1 Å². The Morgan fingerprint density at radius 1 is 1.35 bits per heavy atom. The van der Waals surface area contributed by atoms with Crippen LogP contribution in [0.4, 0.5) is 5.69 Å². The van der Waals surface area contributed by atoms with Gasteiger partial charge in [-0.15, -0.1) is 0 Å². The van der Waals surface area contributed by atoms with Gasteiger partial charge in [0.05, 0.1) is 5.56 Å². The quantitative estimate of drug-likeness (QED) is 0.673. The van der Waals surface area contributed by atoms with Crippen LogP contribution in [0.25, 0.3) is 11.5 Å². The van der Waals surface area contributed by atoms with Gasteiger partial charge >= 0.3 is 0 Å². The molecule has 0 saturated heterocycles. The fourth-order valence-electron chi connectivity index (χ4n) is 1.89. The van der Waals surface area contributed by atoms with Gasteiger partial charge in [0, 0.05) is 15.2 Å². The van der Waals surface area contributed by atoms with Crippen LogP contribution in [0.3, 0.4) is 0 Å². The van der Waals surface area contributed by atoms with Crippen LogP contribution < -0.4 is 5.73 Å². The van der Waals surface area contributed by atoms with Crippen LogP contribution >= 0.6 is 22.6 Å². The van der Waals surface area contributed by atoms with Crippen molar-refractivity contribution in [1.82, 2.24) is 10.1 Å². The minimum atomic E-state index is 0.483. The third kappa shape index (κ3) is 2.03. The maximum absolute atomic E-state index is 5.92. The Bertz CT molecular complexity index is 548. The molecular formula is C12H12IN3O. The molecule has 1 aromatic carbocycles. The topological polar surface area (TPSA) is 64.9 Å². The van der Waals surface area contributed by atoms with Crippen molar-refractivity contribution in [2.45, 2.75) is 25.2 Å². The van der Waals surface area contributed by atoms with Crippen LogP contribution in [-0.2, 0) is 0 Å². The summed E-state index contributed by atoms with van der Waals surface area (Å²) in [6.45, 7) is 0. The summed E-state index contributed by atoms with van der Waals surface area (Å²) >= 11 is 2.24. The van der Waals surface area contributed by atoms with Gasteiger partial charge < -0.3 is 10.3 Å². The number of nitrogen functional groups attached to an aromatic ring is 1. The summed E-state index contributed by atoms with van der Waals surface area (Å²) in [5, 5.41) is 4.04. The molecule has 0 unspecified atom stereocenters. The number of halogens is 1. The molecule has 1 saturated carbocycles. The highest BCUT2D eigenvalue weighted by Gasteiger charge is 2.25. The molecule has 0 bridgehead atoms. The number of benzene rings is 1. The molecule has 4 nitrogen and oxygen atoms in total. The zero-order chi connectivity index (χ0) is 11.8. The van der Waals surface area contributed by atoms with Crippen molar-refractivity contribution in [3.05, 3.63) is 27.6 Å². The van der Waals surface area contributed by atoms with Crippen LogP contribution in [0.1, 0.15) is 31.0 Å². The van der Waals surface area contributed by atoms with Crippen LogP contribution in [0.15, 0.2) is 22.7 Å².